The number of aromatic nitrogens is 3. The van der Waals surface area contributed by atoms with Crippen LogP contribution in [-0.2, 0) is 9.47 Å². The predicted molar refractivity (Wildman–Crippen MR) is 121 cm³/mol. The van der Waals surface area contributed by atoms with Crippen molar-refractivity contribution < 1.29 is 29.6 Å². The van der Waals surface area contributed by atoms with E-state index in [-0.39, 0.29) is 11.6 Å². The molecule has 11 heteroatoms. The van der Waals surface area contributed by atoms with Gasteiger partial charge in [-0.1, -0.05) is 43.7 Å². The monoisotopic (exact) mass is 482 g/mol. The second kappa shape index (κ2) is 10.5. The van der Waals surface area contributed by atoms with Gasteiger partial charge in [0.2, 0.25) is 0 Å². The number of anilines is 1. The molecule has 0 aromatic carbocycles. The maximum Gasteiger partial charge on any atom is 0.415 e. The number of carbonyl (C=O) groups is 1. The Labute approximate surface area is 197 Å². The van der Waals surface area contributed by atoms with Crippen LogP contribution < -0.4 is 4.90 Å². The Balaban J connectivity index is 1.65. The zero-order chi connectivity index (χ0) is 23.5. The summed E-state index contributed by atoms with van der Waals surface area (Å²) in [6.07, 6.45) is 3.23. The highest BCUT2D eigenvalue weighted by atomic mass is 35.5. The average molecular weight is 483 g/mol. The van der Waals surface area contributed by atoms with Gasteiger partial charge in [-0.05, 0) is 19.3 Å². The maximum atomic E-state index is 12.8. The molecule has 0 unspecified atom stereocenters. The van der Waals surface area contributed by atoms with Gasteiger partial charge >= 0.3 is 6.09 Å². The van der Waals surface area contributed by atoms with Crippen molar-refractivity contribution in [3.8, 4) is 0 Å². The Bertz CT molecular complexity index is 966. The number of ether oxygens (including phenoxy) is 2. The molecule has 2 aliphatic rings. The van der Waals surface area contributed by atoms with Gasteiger partial charge in [0.1, 0.15) is 29.6 Å². The van der Waals surface area contributed by atoms with Gasteiger partial charge in [-0.2, -0.15) is 0 Å². The van der Waals surface area contributed by atoms with Crippen LogP contribution in [-0.4, -0.2) is 74.0 Å². The van der Waals surface area contributed by atoms with E-state index in [1.54, 1.807) is 13.0 Å². The lowest BCUT2D eigenvalue weighted by atomic mass is 9.87. The Morgan fingerprint density at radius 3 is 2.73 bits per heavy atom. The van der Waals surface area contributed by atoms with Gasteiger partial charge in [-0.3, -0.25) is 9.47 Å². The Hall–Kier alpha value is -1.98. The summed E-state index contributed by atoms with van der Waals surface area (Å²) in [6, 6.07) is 1.58. The molecule has 4 atom stereocenters. The molecule has 0 radical (unpaired) electrons. The minimum Gasteiger partial charge on any atom is -0.449 e. The molecule has 1 amide bonds. The fourth-order valence-electron chi connectivity index (χ4n) is 4.68. The number of nitrogens with zero attached hydrogens (tertiary/aromatic N) is 4. The van der Waals surface area contributed by atoms with Crippen LogP contribution in [0, 0.1) is 5.92 Å². The number of hydrogen-bond acceptors (Lipinski definition) is 8. The molecule has 1 saturated heterocycles. The largest absolute Gasteiger partial charge is 0.449 e. The molecule has 1 aliphatic heterocycles. The highest BCUT2D eigenvalue weighted by Gasteiger charge is 2.44. The summed E-state index contributed by atoms with van der Waals surface area (Å²) in [5.41, 5.74) is 0.661. The van der Waals surface area contributed by atoms with E-state index in [4.69, 9.17) is 21.1 Å². The molecule has 1 aliphatic carbocycles. The molecule has 182 valence electrons. The number of amides is 1. The van der Waals surface area contributed by atoms with E-state index in [0.29, 0.717) is 29.4 Å². The number of halogens is 1. The van der Waals surface area contributed by atoms with E-state index in [0.717, 1.165) is 19.3 Å². The van der Waals surface area contributed by atoms with Crippen molar-refractivity contribution in [2.24, 2.45) is 5.92 Å². The van der Waals surface area contributed by atoms with Crippen molar-refractivity contribution in [2.45, 2.75) is 70.0 Å². The number of aliphatic hydroxyl groups is 3. The fourth-order valence-corrected chi connectivity index (χ4v) is 4.91. The lowest BCUT2D eigenvalue weighted by Crippen LogP contribution is -2.34. The molecule has 1 saturated carbocycles. The van der Waals surface area contributed by atoms with Gasteiger partial charge in [-0.15, -0.1) is 0 Å². The summed E-state index contributed by atoms with van der Waals surface area (Å²) in [4.78, 5) is 23.2. The number of aliphatic hydroxyl groups excluding tert-OH is 3. The van der Waals surface area contributed by atoms with Crippen molar-refractivity contribution in [2.75, 3.05) is 24.7 Å². The van der Waals surface area contributed by atoms with Gasteiger partial charge in [0.25, 0.3) is 0 Å². The third-order valence-corrected chi connectivity index (χ3v) is 6.80. The van der Waals surface area contributed by atoms with E-state index < -0.39 is 37.2 Å². The predicted octanol–water partition coefficient (Wildman–Crippen LogP) is 2.63. The van der Waals surface area contributed by atoms with Crippen LogP contribution in [0.15, 0.2) is 12.4 Å². The zero-order valence-corrected chi connectivity index (χ0v) is 19.4. The molecular weight excluding hydrogens is 452 g/mol. The highest BCUT2D eigenvalue weighted by molar-refractivity contribution is 6.35. The molecule has 0 bridgehead atoms. The van der Waals surface area contributed by atoms with Crippen LogP contribution in [0.25, 0.3) is 11.2 Å². The number of imidazole rings is 1. The quantitative estimate of drug-likeness (QED) is 0.549. The molecule has 3 heterocycles. The Morgan fingerprint density at radius 2 is 2.06 bits per heavy atom. The molecule has 3 N–H and O–H groups in total. The van der Waals surface area contributed by atoms with Crippen LogP contribution in [0.2, 0.25) is 5.02 Å². The van der Waals surface area contributed by atoms with E-state index in [9.17, 15) is 20.1 Å². The molecule has 2 fully saturated rings. The van der Waals surface area contributed by atoms with Crippen molar-refractivity contribution in [1.82, 2.24) is 14.5 Å². The molecule has 2 aromatic rings. The number of pyridine rings is 1. The van der Waals surface area contributed by atoms with Gasteiger partial charge in [0.05, 0.1) is 24.6 Å². The first-order chi connectivity index (χ1) is 15.9. The van der Waals surface area contributed by atoms with Crippen LogP contribution in [0.5, 0.6) is 0 Å². The fraction of sp³-hybridized carbons (Fsp3) is 0.682. The lowest BCUT2D eigenvalue weighted by Gasteiger charge is -2.26. The lowest BCUT2D eigenvalue weighted by molar-refractivity contribution is -0.0511. The Morgan fingerprint density at radius 1 is 1.30 bits per heavy atom. The summed E-state index contributed by atoms with van der Waals surface area (Å²) >= 11 is 6.49. The first-order valence-corrected chi connectivity index (χ1v) is 11.9. The number of hydrogen-bond donors (Lipinski definition) is 3. The normalized spacial score (nSPS) is 26.1. The number of rotatable bonds is 7. The maximum absolute atomic E-state index is 12.8. The van der Waals surface area contributed by atoms with Crippen molar-refractivity contribution in [3.63, 3.8) is 0 Å². The average Bonchev–Trinajstić information content (AvgIpc) is 3.36. The second-order valence-electron chi connectivity index (χ2n) is 8.66. The first kappa shape index (κ1) is 24.2. The van der Waals surface area contributed by atoms with Gasteiger partial charge in [0.15, 0.2) is 11.9 Å². The Kier molecular flexibility index (Phi) is 7.70. The van der Waals surface area contributed by atoms with E-state index >= 15 is 0 Å². The molecule has 2 aromatic heterocycles. The van der Waals surface area contributed by atoms with E-state index in [1.807, 2.05) is 0 Å². The molecule has 33 heavy (non-hydrogen) atoms. The summed E-state index contributed by atoms with van der Waals surface area (Å²) in [6.45, 7) is 1.98. The standard InChI is InChI=1S/C22H31ClN4O6/c1-2-32-22(31)26(9-8-13-6-4-3-5-7-13)16-10-14(23)17-20(25-16)27(12-24-17)21-19(30)18(29)15(11-28)33-21/h10,12-13,15,18-19,21,28-30H,2-9,11H2,1H3/t15-,18-,19-,21-/m1/s1. The van der Waals surface area contributed by atoms with Crippen molar-refractivity contribution >= 4 is 34.7 Å². The molecule has 10 nitrogen and oxygen atoms in total. The van der Waals surface area contributed by atoms with Crippen molar-refractivity contribution in [1.29, 1.82) is 0 Å². The van der Waals surface area contributed by atoms with E-state index in [2.05, 4.69) is 9.97 Å². The van der Waals surface area contributed by atoms with Crippen LogP contribution in [0.3, 0.4) is 0 Å². The van der Waals surface area contributed by atoms with Gasteiger partial charge in [-0.25, -0.2) is 14.8 Å². The molecule has 0 spiro atoms. The van der Waals surface area contributed by atoms with Crippen LogP contribution in [0.1, 0.15) is 51.7 Å². The number of fused-ring (bicyclic) bond motifs is 1. The SMILES string of the molecule is CCOC(=O)N(CCC1CCCCC1)c1cc(Cl)c2ncn([C@@H]3O[C@H](CO)[C@@H](O)[C@H]3O)c2n1. The van der Waals surface area contributed by atoms with Crippen molar-refractivity contribution in [3.05, 3.63) is 17.4 Å². The number of carbonyl (C=O) groups excluding carboxylic acids is 1. The van der Waals surface area contributed by atoms with Gasteiger partial charge < -0.3 is 24.8 Å². The highest BCUT2D eigenvalue weighted by Crippen LogP contribution is 2.34. The topological polar surface area (TPSA) is 130 Å². The summed E-state index contributed by atoms with van der Waals surface area (Å²) in [5.74, 6) is 0.870. The smallest absolute Gasteiger partial charge is 0.415 e. The third kappa shape index (κ3) is 4.95. The molecule has 4 rings (SSSR count). The minimum atomic E-state index is -1.30. The van der Waals surface area contributed by atoms with Gasteiger partial charge in [0, 0.05) is 12.6 Å². The third-order valence-electron chi connectivity index (χ3n) is 6.51. The van der Waals surface area contributed by atoms with E-state index in [1.165, 1.54) is 35.1 Å². The second-order valence-corrected chi connectivity index (χ2v) is 9.07. The zero-order valence-electron chi connectivity index (χ0n) is 18.6. The van der Waals surface area contributed by atoms with Crippen LogP contribution >= 0.6 is 11.6 Å². The summed E-state index contributed by atoms with van der Waals surface area (Å²) < 4.78 is 12.4. The molecular formula is C22H31ClN4O6. The minimum absolute atomic E-state index is 0.231. The summed E-state index contributed by atoms with van der Waals surface area (Å²) in [7, 11) is 0. The first-order valence-electron chi connectivity index (χ1n) is 11.5. The van der Waals surface area contributed by atoms with Crippen LogP contribution in [0.4, 0.5) is 10.6 Å². The summed E-state index contributed by atoms with van der Waals surface area (Å²) in [5, 5.41) is 30.3.